The number of esters is 1. The zero-order valence-electron chi connectivity index (χ0n) is 10.8. The van der Waals surface area contributed by atoms with Gasteiger partial charge >= 0.3 is 5.97 Å². The molecule has 0 aromatic heterocycles. The van der Waals surface area contributed by atoms with Crippen LogP contribution in [0.25, 0.3) is 0 Å². The molecule has 1 fully saturated rings. The molecule has 1 saturated heterocycles. The molecule has 0 saturated carbocycles. The minimum Gasteiger partial charge on any atom is -0.458 e. The lowest BCUT2D eigenvalue weighted by molar-refractivity contribution is -0.499. The van der Waals surface area contributed by atoms with Crippen LogP contribution in [0.15, 0.2) is 0 Å². The maximum atomic E-state index is 12.1. The molecule has 0 N–H and O–H groups in total. The van der Waals surface area contributed by atoms with E-state index < -0.39 is 11.2 Å². The molecule has 1 aliphatic rings. The lowest BCUT2D eigenvalue weighted by Crippen LogP contribution is -2.62. The molecule has 1 aliphatic heterocycles. The zero-order chi connectivity index (χ0) is 12.4. The molecule has 4 heteroatoms. The van der Waals surface area contributed by atoms with Gasteiger partial charge in [0, 0.05) is 0 Å². The number of rotatable bonds is 4. The highest BCUT2D eigenvalue weighted by molar-refractivity contribution is 5.81. The van der Waals surface area contributed by atoms with Crippen LogP contribution in [0.3, 0.4) is 0 Å². The summed E-state index contributed by atoms with van der Waals surface area (Å²) in [7, 11) is 0. The van der Waals surface area contributed by atoms with Crippen LogP contribution in [0.1, 0.15) is 53.9 Å². The maximum Gasteiger partial charge on any atom is 0.345 e. The monoisotopic (exact) mass is 230 g/mol. The molecular formula is C12H22O4. The Hall–Kier alpha value is -0.610. The summed E-state index contributed by atoms with van der Waals surface area (Å²) >= 11 is 0. The Balaban J connectivity index is 2.70. The van der Waals surface area contributed by atoms with Crippen LogP contribution in [0, 0.1) is 0 Å². The van der Waals surface area contributed by atoms with Gasteiger partial charge in [0.15, 0.2) is 0 Å². The van der Waals surface area contributed by atoms with Gasteiger partial charge in [-0.1, -0.05) is 20.3 Å². The molecule has 0 aromatic carbocycles. The average molecular weight is 230 g/mol. The van der Waals surface area contributed by atoms with Crippen molar-refractivity contribution in [1.29, 1.82) is 0 Å². The first-order valence-electron chi connectivity index (χ1n) is 5.93. The van der Waals surface area contributed by atoms with Gasteiger partial charge in [-0.25, -0.2) is 14.6 Å². The standard InChI is InChI=1S/C12H22O4/c1-6-8-9-12(7-2,16-15-9)10(13)14-11(3,4)5/h9H,6-8H2,1-5H3/t9-,12-/m1/s1. The quantitative estimate of drug-likeness (QED) is 0.550. The average Bonchev–Trinajstić information content (AvgIpc) is 2.11. The lowest BCUT2D eigenvalue weighted by atomic mass is 9.89. The summed E-state index contributed by atoms with van der Waals surface area (Å²) in [6.45, 7) is 9.51. The Morgan fingerprint density at radius 3 is 2.31 bits per heavy atom. The minimum absolute atomic E-state index is 0.169. The first kappa shape index (κ1) is 13.5. The topological polar surface area (TPSA) is 44.8 Å². The van der Waals surface area contributed by atoms with E-state index in [1.54, 1.807) is 0 Å². The van der Waals surface area contributed by atoms with Crippen LogP contribution >= 0.6 is 0 Å². The largest absolute Gasteiger partial charge is 0.458 e. The Morgan fingerprint density at radius 2 is 2.00 bits per heavy atom. The molecule has 2 atom stereocenters. The SMILES string of the molecule is CCC[C@H]1OO[C@@]1(CC)C(=O)OC(C)(C)C. The van der Waals surface area contributed by atoms with Crippen LogP contribution in [0.5, 0.6) is 0 Å². The molecule has 1 rings (SSSR count). The molecule has 94 valence electrons. The third-order valence-corrected chi connectivity index (χ3v) is 2.65. The Bertz CT molecular complexity index is 252. The first-order chi connectivity index (χ1) is 7.35. The molecule has 1 heterocycles. The number of ether oxygens (including phenoxy) is 1. The fraction of sp³-hybridized carbons (Fsp3) is 0.917. The summed E-state index contributed by atoms with van der Waals surface area (Å²) < 4.78 is 5.37. The number of hydrogen-bond donors (Lipinski definition) is 0. The van der Waals surface area contributed by atoms with Gasteiger partial charge in [-0.2, -0.15) is 0 Å². The van der Waals surface area contributed by atoms with Crippen LogP contribution in [0.4, 0.5) is 0 Å². The van der Waals surface area contributed by atoms with Crippen molar-refractivity contribution in [3.05, 3.63) is 0 Å². The van der Waals surface area contributed by atoms with Crippen LogP contribution in [-0.4, -0.2) is 23.3 Å². The molecular weight excluding hydrogens is 208 g/mol. The molecule has 0 aromatic rings. The van der Waals surface area contributed by atoms with E-state index in [0.29, 0.717) is 6.42 Å². The molecule has 0 aliphatic carbocycles. The third-order valence-electron chi connectivity index (χ3n) is 2.65. The van der Waals surface area contributed by atoms with E-state index in [1.807, 2.05) is 27.7 Å². The van der Waals surface area contributed by atoms with E-state index in [0.717, 1.165) is 12.8 Å². The fourth-order valence-corrected chi connectivity index (χ4v) is 1.74. The second kappa shape index (κ2) is 4.72. The molecule has 0 radical (unpaired) electrons. The van der Waals surface area contributed by atoms with Gasteiger partial charge in [-0.15, -0.1) is 0 Å². The molecule has 0 bridgehead atoms. The van der Waals surface area contributed by atoms with Crippen LogP contribution in [-0.2, 0) is 19.3 Å². The smallest absolute Gasteiger partial charge is 0.345 e. The third kappa shape index (κ3) is 2.55. The normalized spacial score (nSPS) is 29.7. The van der Waals surface area contributed by atoms with Gasteiger partial charge in [-0.05, 0) is 33.6 Å². The van der Waals surface area contributed by atoms with Crippen molar-refractivity contribution in [2.75, 3.05) is 0 Å². The Morgan fingerprint density at radius 1 is 1.38 bits per heavy atom. The second-order valence-corrected chi connectivity index (χ2v) is 5.20. The van der Waals surface area contributed by atoms with Crippen molar-refractivity contribution in [3.63, 3.8) is 0 Å². The van der Waals surface area contributed by atoms with E-state index in [4.69, 9.17) is 14.5 Å². The second-order valence-electron chi connectivity index (χ2n) is 5.20. The Labute approximate surface area is 97.2 Å². The van der Waals surface area contributed by atoms with Crippen molar-refractivity contribution in [1.82, 2.24) is 0 Å². The van der Waals surface area contributed by atoms with E-state index in [9.17, 15) is 4.79 Å². The predicted octanol–water partition coefficient (Wildman–Crippen LogP) is 2.61. The number of hydrogen-bond acceptors (Lipinski definition) is 4. The summed E-state index contributed by atoms with van der Waals surface area (Å²) in [6.07, 6.45) is 2.18. The summed E-state index contributed by atoms with van der Waals surface area (Å²) in [4.78, 5) is 22.1. The van der Waals surface area contributed by atoms with Gasteiger partial charge in [0.25, 0.3) is 0 Å². The van der Waals surface area contributed by atoms with Crippen LogP contribution in [0.2, 0.25) is 0 Å². The fourth-order valence-electron chi connectivity index (χ4n) is 1.74. The van der Waals surface area contributed by atoms with Crippen molar-refractivity contribution >= 4 is 5.97 Å². The van der Waals surface area contributed by atoms with E-state index in [2.05, 4.69) is 6.92 Å². The first-order valence-corrected chi connectivity index (χ1v) is 5.93. The minimum atomic E-state index is -0.886. The van der Waals surface area contributed by atoms with E-state index in [-0.39, 0.29) is 12.1 Å². The highest BCUT2D eigenvalue weighted by Gasteiger charge is 2.57. The summed E-state index contributed by atoms with van der Waals surface area (Å²) in [5.41, 5.74) is -1.38. The molecule has 0 unspecified atom stereocenters. The van der Waals surface area contributed by atoms with Crippen molar-refractivity contribution < 1.29 is 19.3 Å². The van der Waals surface area contributed by atoms with Crippen molar-refractivity contribution in [3.8, 4) is 0 Å². The summed E-state index contributed by atoms with van der Waals surface area (Å²) in [5.74, 6) is -0.313. The van der Waals surface area contributed by atoms with E-state index >= 15 is 0 Å². The maximum absolute atomic E-state index is 12.1. The number of carbonyl (C=O) groups is 1. The van der Waals surface area contributed by atoms with Gasteiger partial charge < -0.3 is 4.74 Å². The highest BCUT2D eigenvalue weighted by atomic mass is 17.3. The molecule has 4 nitrogen and oxygen atoms in total. The van der Waals surface area contributed by atoms with Crippen molar-refractivity contribution in [2.45, 2.75) is 71.2 Å². The van der Waals surface area contributed by atoms with E-state index in [1.165, 1.54) is 0 Å². The van der Waals surface area contributed by atoms with Gasteiger partial charge in [0.05, 0.1) is 0 Å². The van der Waals surface area contributed by atoms with Crippen LogP contribution < -0.4 is 0 Å². The number of carbonyl (C=O) groups excluding carboxylic acids is 1. The van der Waals surface area contributed by atoms with Gasteiger partial charge in [-0.3, -0.25) is 0 Å². The van der Waals surface area contributed by atoms with Gasteiger partial charge in [0.2, 0.25) is 5.60 Å². The lowest BCUT2D eigenvalue weighted by Gasteiger charge is -2.45. The van der Waals surface area contributed by atoms with Crippen molar-refractivity contribution in [2.24, 2.45) is 0 Å². The summed E-state index contributed by atoms with van der Waals surface area (Å²) in [5, 5.41) is 0. The molecule has 0 spiro atoms. The molecule has 16 heavy (non-hydrogen) atoms. The molecule has 0 amide bonds. The highest BCUT2D eigenvalue weighted by Crippen LogP contribution is 2.38. The Kier molecular flexibility index (Phi) is 3.97. The predicted molar refractivity (Wildman–Crippen MR) is 59.7 cm³/mol. The summed E-state index contributed by atoms with van der Waals surface area (Å²) in [6, 6.07) is 0. The zero-order valence-corrected chi connectivity index (χ0v) is 10.8. The van der Waals surface area contributed by atoms with Gasteiger partial charge in [0.1, 0.15) is 11.7 Å².